The molecule has 1 unspecified atom stereocenters. The predicted octanol–water partition coefficient (Wildman–Crippen LogP) is -1.14. The number of carbonyl (C=O) groups excluding carboxylic acids is 3. The third-order valence-electron chi connectivity index (χ3n) is 4.11. The fraction of sp³-hybridized carbons (Fsp3) is 0.667. The topological polar surface area (TPSA) is 106 Å². The molecule has 0 aromatic heterocycles. The van der Waals surface area contributed by atoms with Crippen LogP contribution in [0.25, 0.3) is 0 Å². The smallest absolute Gasteiger partial charge is 0.339 e. The Kier molecular flexibility index (Phi) is 5.79. The van der Waals surface area contributed by atoms with Gasteiger partial charge in [0.05, 0.1) is 39.5 Å². The first-order chi connectivity index (χ1) is 11.4. The van der Waals surface area contributed by atoms with E-state index in [0.717, 1.165) is 20.6 Å². The highest BCUT2D eigenvalue weighted by Gasteiger charge is 2.38. The van der Waals surface area contributed by atoms with Crippen molar-refractivity contribution in [1.82, 2.24) is 9.80 Å². The molecule has 2 aliphatic heterocycles. The molecule has 2 aliphatic rings. The van der Waals surface area contributed by atoms with E-state index < -0.39 is 24.3 Å². The summed E-state index contributed by atoms with van der Waals surface area (Å²) in [5.41, 5.74) is -0.297. The van der Waals surface area contributed by atoms with Crippen molar-refractivity contribution in [3.05, 3.63) is 11.8 Å². The minimum absolute atomic E-state index is 0.0125. The molecule has 0 saturated carbocycles. The molecule has 24 heavy (non-hydrogen) atoms. The number of aliphatic hydroxyl groups excluding tert-OH is 1. The summed E-state index contributed by atoms with van der Waals surface area (Å²) >= 11 is 0. The fourth-order valence-electron chi connectivity index (χ4n) is 2.83. The number of fused-ring (bicyclic) bond motifs is 1. The van der Waals surface area contributed by atoms with E-state index in [1.54, 1.807) is 4.90 Å². The van der Waals surface area contributed by atoms with Crippen LogP contribution >= 0.6 is 0 Å². The first kappa shape index (κ1) is 18.2. The van der Waals surface area contributed by atoms with Crippen molar-refractivity contribution in [2.45, 2.75) is 31.7 Å². The fourth-order valence-corrected chi connectivity index (χ4v) is 2.83. The Morgan fingerprint density at radius 3 is 2.71 bits per heavy atom. The van der Waals surface area contributed by atoms with Gasteiger partial charge in [-0.1, -0.05) is 0 Å². The Morgan fingerprint density at radius 1 is 1.38 bits per heavy atom. The maximum Gasteiger partial charge on any atom is 0.339 e. The van der Waals surface area contributed by atoms with E-state index in [1.165, 1.54) is 11.1 Å². The number of rotatable bonds is 4. The van der Waals surface area contributed by atoms with Crippen LogP contribution in [0.15, 0.2) is 11.8 Å². The number of carbonyl (C=O) groups is 3. The quantitative estimate of drug-likeness (QED) is 0.505. The number of ether oxygens (including phenoxy) is 3. The maximum atomic E-state index is 12.3. The molecule has 1 amide bonds. The lowest BCUT2D eigenvalue weighted by molar-refractivity contribution is -0.176. The molecule has 2 rings (SSSR count). The van der Waals surface area contributed by atoms with Gasteiger partial charge < -0.3 is 29.1 Å². The highest BCUT2D eigenvalue weighted by Crippen LogP contribution is 2.23. The van der Waals surface area contributed by atoms with E-state index in [-0.39, 0.29) is 24.1 Å². The van der Waals surface area contributed by atoms with Gasteiger partial charge in [-0.2, -0.15) is 0 Å². The lowest BCUT2D eigenvalue weighted by atomic mass is 10.1. The summed E-state index contributed by atoms with van der Waals surface area (Å²) in [6, 6.07) is 0.0862. The van der Waals surface area contributed by atoms with Crippen LogP contribution in [-0.4, -0.2) is 85.0 Å². The van der Waals surface area contributed by atoms with Crippen LogP contribution < -0.4 is 0 Å². The molecule has 0 radical (unpaired) electrons. The minimum Gasteiger partial charge on any atom is -0.467 e. The highest BCUT2D eigenvalue weighted by molar-refractivity contribution is 5.96. The van der Waals surface area contributed by atoms with Crippen molar-refractivity contribution in [2.75, 3.05) is 33.9 Å². The van der Waals surface area contributed by atoms with E-state index >= 15 is 0 Å². The molecule has 9 heteroatoms. The summed E-state index contributed by atoms with van der Waals surface area (Å²) in [4.78, 5) is 38.9. The van der Waals surface area contributed by atoms with Gasteiger partial charge >= 0.3 is 11.9 Å². The SMILES string of the molecule is COC(=O)/C(=C/N1CC(=O)N2[C@H](C)CCO[C@H]2C1)C(O)C(=O)OC. The highest BCUT2D eigenvalue weighted by atomic mass is 16.5. The molecule has 134 valence electrons. The van der Waals surface area contributed by atoms with Crippen molar-refractivity contribution >= 4 is 17.8 Å². The Balaban J connectivity index is 2.21. The zero-order chi connectivity index (χ0) is 17.9. The number of aliphatic hydroxyl groups is 1. The van der Waals surface area contributed by atoms with E-state index in [9.17, 15) is 19.5 Å². The number of hydrogen-bond donors (Lipinski definition) is 1. The second-order valence-corrected chi connectivity index (χ2v) is 5.70. The molecule has 9 nitrogen and oxygen atoms in total. The Morgan fingerprint density at radius 2 is 2.08 bits per heavy atom. The molecule has 2 heterocycles. The first-order valence-corrected chi connectivity index (χ1v) is 7.61. The van der Waals surface area contributed by atoms with Gasteiger partial charge in [0.1, 0.15) is 6.23 Å². The van der Waals surface area contributed by atoms with Gasteiger partial charge in [0.2, 0.25) is 5.91 Å². The number of hydrogen-bond acceptors (Lipinski definition) is 8. The molecule has 0 aromatic rings. The molecular formula is C15H22N2O7. The number of amides is 1. The van der Waals surface area contributed by atoms with Crippen molar-refractivity contribution in [2.24, 2.45) is 0 Å². The molecule has 2 fully saturated rings. The Hall–Kier alpha value is -2.13. The predicted molar refractivity (Wildman–Crippen MR) is 80.4 cm³/mol. The number of methoxy groups -OCH3 is 2. The van der Waals surface area contributed by atoms with Crippen LogP contribution in [-0.2, 0) is 28.6 Å². The van der Waals surface area contributed by atoms with Crippen LogP contribution in [0.2, 0.25) is 0 Å². The van der Waals surface area contributed by atoms with Crippen LogP contribution in [0.3, 0.4) is 0 Å². The molecule has 0 bridgehead atoms. The standard InChI is InChI=1S/C15H22N2O7/c1-9-4-5-24-12-8-16(7-11(18)17(9)12)6-10(14(20)22-2)13(19)15(21)23-3/h6,9,12-13,19H,4-5,7-8H2,1-3H3/b10-6+/t9-,12+,13?/m1/s1. The summed E-state index contributed by atoms with van der Waals surface area (Å²) in [7, 11) is 2.23. The van der Waals surface area contributed by atoms with Gasteiger partial charge in [0.25, 0.3) is 0 Å². The molecule has 1 N–H and O–H groups in total. The Labute approximate surface area is 139 Å². The van der Waals surface area contributed by atoms with E-state index in [4.69, 9.17) is 4.74 Å². The van der Waals surface area contributed by atoms with Gasteiger partial charge in [-0.25, -0.2) is 9.59 Å². The molecule has 3 atom stereocenters. The van der Waals surface area contributed by atoms with Gasteiger partial charge in [-0.05, 0) is 13.3 Å². The number of nitrogens with zero attached hydrogens (tertiary/aromatic N) is 2. The lowest BCUT2D eigenvalue weighted by Gasteiger charge is -2.46. The van der Waals surface area contributed by atoms with Gasteiger partial charge in [-0.15, -0.1) is 0 Å². The second-order valence-electron chi connectivity index (χ2n) is 5.70. The van der Waals surface area contributed by atoms with Crippen LogP contribution in [0, 0.1) is 0 Å². The van der Waals surface area contributed by atoms with Crippen LogP contribution in [0.4, 0.5) is 0 Å². The maximum absolute atomic E-state index is 12.3. The van der Waals surface area contributed by atoms with Crippen molar-refractivity contribution in [1.29, 1.82) is 0 Å². The summed E-state index contributed by atoms with van der Waals surface area (Å²) in [6.45, 7) is 2.84. The second kappa shape index (κ2) is 7.63. The zero-order valence-electron chi connectivity index (χ0n) is 13.9. The largest absolute Gasteiger partial charge is 0.467 e. The third-order valence-corrected chi connectivity index (χ3v) is 4.11. The normalized spacial score (nSPS) is 25.8. The molecule has 0 aromatic carbocycles. The van der Waals surface area contributed by atoms with Gasteiger partial charge in [-0.3, -0.25) is 4.79 Å². The lowest BCUT2D eigenvalue weighted by Crippen LogP contribution is -2.61. The zero-order valence-corrected chi connectivity index (χ0v) is 13.9. The van der Waals surface area contributed by atoms with Gasteiger partial charge in [0.15, 0.2) is 6.10 Å². The molecule has 0 spiro atoms. The summed E-state index contributed by atoms with van der Waals surface area (Å²) in [6.07, 6.45) is -0.195. The minimum atomic E-state index is -1.79. The number of esters is 2. The van der Waals surface area contributed by atoms with E-state index in [2.05, 4.69) is 9.47 Å². The summed E-state index contributed by atoms with van der Waals surface area (Å²) in [5, 5.41) is 9.95. The van der Waals surface area contributed by atoms with Crippen LogP contribution in [0.5, 0.6) is 0 Å². The molecule has 2 saturated heterocycles. The van der Waals surface area contributed by atoms with Crippen molar-refractivity contribution in [3.8, 4) is 0 Å². The third kappa shape index (κ3) is 3.68. The average Bonchev–Trinajstić information content (AvgIpc) is 2.57. The summed E-state index contributed by atoms with van der Waals surface area (Å²) in [5.74, 6) is -2.01. The van der Waals surface area contributed by atoms with Gasteiger partial charge in [0, 0.05) is 12.2 Å². The molecular weight excluding hydrogens is 320 g/mol. The van der Waals surface area contributed by atoms with E-state index in [1.807, 2.05) is 6.92 Å². The Bertz CT molecular complexity index is 548. The van der Waals surface area contributed by atoms with E-state index in [0.29, 0.717) is 13.2 Å². The average molecular weight is 342 g/mol. The first-order valence-electron chi connectivity index (χ1n) is 7.61. The number of piperazine rings is 1. The molecule has 0 aliphatic carbocycles. The summed E-state index contributed by atoms with van der Waals surface area (Å²) < 4.78 is 14.6. The monoisotopic (exact) mass is 342 g/mol. The van der Waals surface area contributed by atoms with Crippen molar-refractivity contribution in [3.63, 3.8) is 0 Å². The van der Waals surface area contributed by atoms with Crippen molar-refractivity contribution < 1.29 is 33.7 Å². The van der Waals surface area contributed by atoms with Crippen LogP contribution in [0.1, 0.15) is 13.3 Å².